The molecule has 0 aliphatic rings. The monoisotopic (exact) mass is 400 g/mol. The minimum Gasteiger partial charge on any atom is -0.480 e. The van der Waals surface area contributed by atoms with Gasteiger partial charge in [0.2, 0.25) is 6.08 Å². The molecule has 2 aromatic carbocycles. The van der Waals surface area contributed by atoms with Crippen LogP contribution in [0.1, 0.15) is 52.5 Å². The second-order valence-electron chi connectivity index (χ2n) is 5.88. The molecule has 0 heterocycles. The molecular formula is C21H24N2O6. The Morgan fingerprint density at radius 2 is 1.48 bits per heavy atom. The second-order valence-corrected chi connectivity index (χ2v) is 5.88. The number of nitrogens with one attached hydrogen (secondary N) is 2. The molecule has 0 saturated carbocycles. The molecule has 1 atom stereocenters. The van der Waals surface area contributed by atoms with E-state index in [-0.39, 0.29) is 11.3 Å². The number of hydrogen-bond acceptors (Lipinski definition) is 5. The average Bonchev–Trinajstić information content (AvgIpc) is 2.71. The van der Waals surface area contributed by atoms with Gasteiger partial charge in [0.1, 0.15) is 6.04 Å². The standard InChI is InChI=1S/C20H21NO4.CHNO.H2O/c1-2-3-9-17(20(24)25)21-19(23)16-12-10-15(11-13-16)18(22)14-7-5-4-6-8-14;2-1-3;/h4-8,10-13,17H,2-3,9H2,1H3,(H,21,23)(H,24,25);2H;1H2. The number of rotatable bonds is 8. The van der Waals surface area contributed by atoms with Crippen LogP contribution >= 0.6 is 0 Å². The van der Waals surface area contributed by atoms with Gasteiger partial charge in [-0.3, -0.25) is 9.59 Å². The first-order valence-corrected chi connectivity index (χ1v) is 8.71. The summed E-state index contributed by atoms with van der Waals surface area (Å²) >= 11 is 0. The van der Waals surface area contributed by atoms with E-state index >= 15 is 0 Å². The van der Waals surface area contributed by atoms with Crippen molar-refractivity contribution in [3.63, 3.8) is 0 Å². The molecule has 29 heavy (non-hydrogen) atoms. The van der Waals surface area contributed by atoms with Crippen molar-refractivity contribution in [2.45, 2.75) is 32.2 Å². The van der Waals surface area contributed by atoms with Crippen LogP contribution in [-0.2, 0) is 9.59 Å². The van der Waals surface area contributed by atoms with Crippen molar-refractivity contribution in [1.29, 1.82) is 5.41 Å². The number of amides is 1. The minimum atomic E-state index is -1.04. The van der Waals surface area contributed by atoms with Gasteiger partial charge in [0.05, 0.1) is 0 Å². The lowest BCUT2D eigenvalue weighted by atomic mass is 10.0. The van der Waals surface area contributed by atoms with Crippen LogP contribution in [0, 0.1) is 5.41 Å². The number of benzene rings is 2. The van der Waals surface area contributed by atoms with Crippen molar-refractivity contribution in [3.8, 4) is 0 Å². The summed E-state index contributed by atoms with van der Waals surface area (Å²) in [5.41, 5.74) is 1.38. The lowest BCUT2D eigenvalue weighted by Gasteiger charge is -2.14. The van der Waals surface area contributed by atoms with Crippen molar-refractivity contribution in [1.82, 2.24) is 5.32 Å². The van der Waals surface area contributed by atoms with Crippen LogP contribution in [0.4, 0.5) is 0 Å². The van der Waals surface area contributed by atoms with Crippen molar-refractivity contribution >= 4 is 23.7 Å². The Kier molecular flexibility index (Phi) is 11.9. The zero-order chi connectivity index (χ0) is 20.9. The fourth-order valence-electron chi connectivity index (χ4n) is 2.44. The van der Waals surface area contributed by atoms with Crippen molar-refractivity contribution in [3.05, 3.63) is 71.3 Å². The quantitative estimate of drug-likeness (QED) is 0.352. The number of aliphatic carboxylic acids is 1. The Bertz CT molecular complexity index is 828. The van der Waals surface area contributed by atoms with Gasteiger partial charge in [-0.15, -0.1) is 0 Å². The Balaban J connectivity index is 0.00000184. The Morgan fingerprint density at radius 3 is 1.97 bits per heavy atom. The van der Waals surface area contributed by atoms with Gasteiger partial charge in [-0.2, -0.15) is 0 Å². The third kappa shape index (κ3) is 8.30. The molecule has 1 unspecified atom stereocenters. The maximum absolute atomic E-state index is 12.3. The number of isocyanates is 1. The zero-order valence-corrected chi connectivity index (χ0v) is 16.0. The lowest BCUT2D eigenvalue weighted by molar-refractivity contribution is -0.139. The highest BCUT2D eigenvalue weighted by Crippen LogP contribution is 2.12. The molecule has 1 amide bonds. The predicted molar refractivity (Wildman–Crippen MR) is 107 cm³/mol. The molecule has 0 aliphatic heterocycles. The molecule has 0 aliphatic carbocycles. The van der Waals surface area contributed by atoms with Crippen LogP contribution in [0.2, 0.25) is 0 Å². The highest BCUT2D eigenvalue weighted by molar-refractivity contribution is 6.09. The van der Waals surface area contributed by atoms with E-state index in [0.29, 0.717) is 23.1 Å². The Hall–Kier alpha value is -3.61. The van der Waals surface area contributed by atoms with Crippen LogP contribution in [0.25, 0.3) is 0 Å². The number of ketones is 1. The van der Waals surface area contributed by atoms with E-state index in [2.05, 4.69) is 5.32 Å². The summed E-state index contributed by atoms with van der Waals surface area (Å²) < 4.78 is 0. The van der Waals surface area contributed by atoms with E-state index in [0.717, 1.165) is 18.9 Å². The summed E-state index contributed by atoms with van der Waals surface area (Å²) in [6.45, 7) is 1.96. The van der Waals surface area contributed by atoms with Crippen molar-refractivity contribution in [2.75, 3.05) is 0 Å². The topological polar surface area (TPSA) is 156 Å². The molecule has 0 saturated heterocycles. The molecular weight excluding hydrogens is 376 g/mol. The molecule has 0 aromatic heterocycles. The third-order valence-electron chi connectivity index (χ3n) is 3.90. The predicted octanol–water partition coefficient (Wildman–Crippen LogP) is 2.37. The molecule has 0 radical (unpaired) electrons. The van der Waals surface area contributed by atoms with E-state index < -0.39 is 17.9 Å². The summed E-state index contributed by atoms with van der Waals surface area (Å²) in [5, 5.41) is 17.1. The number of carbonyl (C=O) groups is 3. The molecule has 8 heteroatoms. The number of carboxylic acids is 1. The van der Waals surface area contributed by atoms with E-state index in [4.69, 9.17) is 10.2 Å². The third-order valence-corrected chi connectivity index (χ3v) is 3.90. The SMILES string of the molecule is CCCCC(NC(=O)c1ccc(C(=O)c2ccccc2)cc1)C(=O)O.N=C=O.O. The molecule has 0 bridgehead atoms. The number of carbonyl (C=O) groups excluding carboxylic acids is 3. The molecule has 0 fully saturated rings. The van der Waals surface area contributed by atoms with Gasteiger partial charge >= 0.3 is 5.97 Å². The van der Waals surface area contributed by atoms with Crippen LogP contribution < -0.4 is 5.32 Å². The molecule has 154 valence electrons. The number of carboxylic acid groups (broad SMARTS) is 1. The first-order valence-electron chi connectivity index (χ1n) is 8.71. The summed E-state index contributed by atoms with van der Waals surface area (Å²) in [5.74, 6) is -1.63. The van der Waals surface area contributed by atoms with Gasteiger partial charge in [0.15, 0.2) is 5.78 Å². The Labute approximate surface area is 168 Å². The Morgan fingerprint density at radius 1 is 1.00 bits per heavy atom. The summed E-state index contributed by atoms with van der Waals surface area (Å²) in [6.07, 6.45) is 2.72. The molecule has 8 nitrogen and oxygen atoms in total. The maximum Gasteiger partial charge on any atom is 0.326 e. The molecule has 5 N–H and O–H groups in total. The fourth-order valence-corrected chi connectivity index (χ4v) is 2.44. The lowest BCUT2D eigenvalue weighted by Crippen LogP contribution is -2.40. The average molecular weight is 400 g/mol. The highest BCUT2D eigenvalue weighted by atomic mass is 16.4. The van der Waals surface area contributed by atoms with Gasteiger partial charge < -0.3 is 15.9 Å². The van der Waals surface area contributed by atoms with Gasteiger partial charge in [0.25, 0.3) is 5.91 Å². The van der Waals surface area contributed by atoms with Crippen LogP contribution in [-0.4, -0.2) is 40.4 Å². The van der Waals surface area contributed by atoms with Gasteiger partial charge in [0, 0.05) is 16.7 Å². The van der Waals surface area contributed by atoms with Crippen LogP contribution in [0.15, 0.2) is 54.6 Å². The van der Waals surface area contributed by atoms with Gasteiger partial charge in [-0.1, -0.05) is 62.2 Å². The van der Waals surface area contributed by atoms with E-state index in [9.17, 15) is 19.5 Å². The smallest absolute Gasteiger partial charge is 0.326 e. The van der Waals surface area contributed by atoms with Gasteiger partial charge in [-0.05, 0) is 18.6 Å². The van der Waals surface area contributed by atoms with E-state index in [1.54, 1.807) is 36.4 Å². The van der Waals surface area contributed by atoms with Crippen LogP contribution in [0.5, 0.6) is 0 Å². The summed E-state index contributed by atoms with van der Waals surface area (Å²) in [7, 11) is 0. The van der Waals surface area contributed by atoms with Gasteiger partial charge in [-0.25, -0.2) is 15.0 Å². The van der Waals surface area contributed by atoms with E-state index in [1.807, 2.05) is 13.0 Å². The fraction of sp³-hybridized carbons (Fsp3) is 0.238. The first-order chi connectivity index (χ1) is 13.4. The normalized spacial score (nSPS) is 10.2. The zero-order valence-electron chi connectivity index (χ0n) is 16.0. The van der Waals surface area contributed by atoms with Crippen molar-refractivity contribution < 1.29 is 29.8 Å². The molecule has 0 spiro atoms. The second kappa shape index (κ2) is 13.5. The molecule has 2 rings (SSSR count). The van der Waals surface area contributed by atoms with Crippen LogP contribution in [0.3, 0.4) is 0 Å². The minimum absolute atomic E-state index is 0. The maximum atomic E-state index is 12.3. The number of unbranched alkanes of at least 4 members (excludes halogenated alkanes) is 1. The first kappa shape index (κ1) is 25.4. The molecule has 2 aromatic rings. The van der Waals surface area contributed by atoms with Crippen molar-refractivity contribution in [2.24, 2.45) is 0 Å². The highest BCUT2D eigenvalue weighted by Gasteiger charge is 2.20. The largest absolute Gasteiger partial charge is 0.480 e. The number of hydrogen-bond donors (Lipinski definition) is 3. The van der Waals surface area contributed by atoms with E-state index in [1.165, 1.54) is 12.1 Å². The summed E-state index contributed by atoms with van der Waals surface area (Å²) in [6, 6.07) is 14.2. The summed E-state index contributed by atoms with van der Waals surface area (Å²) in [4.78, 5) is 44.1.